The van der Waals surface area contributed by atoms with Crippen molar-refractivity contribution >= 4 is 11.6 Å². The number of ether oxygens (including phenoxy) is 1. The lowest BCUT2D eigenvalue weighted by Crippen LogP contribution is -1.99. The predicted octanol–water partition coefficient (Wildman–Crippen LogP) is 3.37. The van der Waals surface area contributed by atoms with Gasteiger partial charge in [-0.2, -0.15) is 0 Å². The van der Waals surface area contributed by atoms with Gasteiger partial charge in [0.1, 0.15) is 18.2 Å². The van der Waals surface area contributed by atoms with Crippen LogP contribution < -0.4 is 10.5 Å². The van der Waals surface area contributed by atoms with Crippen molar-refractivity contribution in [3.63, 3.8) is 0 Å². The van der Waals surface area contributed by atoms with E-state index in [-0.39, 0.29) is 19.0 Å². The molecule has 2 nitrogen and oxygen atoms in total. The van der Waals surface area contributed by atoms with E-state index < -0.39 is 0 Å². The normalized spacial score (nSPS) is 9.75. The second-order valence-electron chi connectivity index (χ2n) is 4.03. The highest BCUT2D eigenvalue weighted by atomic mass is 35.5. The number of hydrogen-bond donors (Lipinski definition) is 1. The van der Waals surface area contributed by atoms with Crippen molar-refractivity contribution in [1.29, 1.82) is 0 Å². The first-order valence-corrected chi connectivity index (χ1v) is 6.43. The van der Waals surface area contributed by atoms with Crippen molar-refractivity contribution in [2.45, 2.75) is 6.61 Å². The molecule has 0 bridgehead atoms. The Bertz CT molecular complexity index is 661. The maximum atomic E-state index is 13.0. The number of benzene rings is 2. The van der Waals surface area contributed by atoms with E-state index in [0.29, 0.717) is 10.8 Å². The Kier molecular flexibility index (Phi) is 5.00. The first-order valence-electron chi connectivity index (χ1n) is 6.05. The van der Waals surface area contributed by atoms with Gasteiger partial charge in [0.15, 0.2) is 0 Å². The minimum atomic E-state index is -0.368. The summed E-state index contributed by atoms with van der Waals surface area (Å²) in [5.41, 5.74) is 6.84. The quantitative estimate of drug-likeness (QED) is 0.879. The molecule has 0 radical (unpaired) electrons. The molecule has 2 aromatic rings. The largest absolute Gasteiger partial charge is 0.488 e. The predicted molar refractivity (Wildman–Crippen MR) is 78.1 cm³/mol. The number of nitrogens with two attached hydrogens (primary N) is 1. The Morgan fingerprint density at radius 3 is 2.75 bits per heavy atom. The molecule has 0 fully saturated rings. The Balaban J connectivity index is 2.14. The molecule has 20 heavy (non-hydrogen) atoms. The van der Waals surface area contributed by atoms with Crippen LogP contribution in [-0.2, 0) is 6.61 Å². The summed E-state index contributed by atoms with van der Waals surface area (Å²) >= 11 is 5.95. The van der Waals surface area contributed by atoms with Crippen LogP contribution in [0.4, 0.5) is 4.39 Å². The molecule has 0 aliphatic carbocycles. The summed E-state index contributed by atoms with van der Waals surface area (Å²) in [4.78, 5) is 0. The van der Waals surface area contributed by atoms with Gasteiger partial charge in [-0.05, 0) is 24.3 Å². The standard InChI is InChI=1S/C16H13ClFNO/c17-15-10-14(18)8-7-13(15)11-20-16-6-2-1-4-12(16)5-3-9-19/h1-2,4,6-8,10H,9,11,19H2. The van der Waals surface area contributed by atoms with Crippen LogP contribution in [0.3, 0.4) is 0 Å². The van der Waals surface area contributed by atoms with E-state index >= 15 is 0 Å². The van der Waals surface area contributed by atoms with Crippen molar-refractivity contribution in [3.8, 4) is 17.6 Å². The zero-order valence-corrected chi connectivity index (χ0v) is 11.5. The van der Waals surface area contributed by atoms with Crippen molar-refractivity contribution in [1.82, 2.24) is 0 Å². The lowest BCUT2D eigenvalue weighted by atomic mass is 10.2. The highest BCUT2D eigenvalue weighted by Gasteiger charge is 2.05. The lowest BCUT2D eigenvalue weighted by Gasteiger charge is -2.09. The summed E-state index contributed by atoms with van der Waals surface area (Å²) in [6.07, 6.45) is 0. The van der Waals surface area contributed by atoms with Crippen molar-refractivity contribution in [2.75, 3.05) is 6.54 Å². The van der Waals surface area contributed by atoms with Crippen LogP contribution in [0.5, 0.6) is 5.75 Å². The maximum Gasteiger partial charge on any atom is 0.135 e. The van der Waals surface area contributed by atoms with Crippen LogP contribution >= 0.6 is 11.6 Å². The molecule has 2 aromatic carbocycles. The van der Waals surface area contributed by atoms with E-state index in [9.17, 15) is 4.39 Å². The molecule has 0 heterocycles. The zero-order chi connectivity index (χ0) is 14.4. The molecule has 0 amide bonds. The molecule has 0 unspecified atom stereocenters. The molecule has 2 rings (SSSR count). The Morgan fingerprint density at radius 1 is 1.20 bits per heavy atom. The summed E-state index contributed by atoms with van der Waals surface area (Å²) in [5, 5.41) is 0.343. The Labute approximate surface area is 122 Å². The molecule has 0 saturated carbocycles. The second kappa shape index (κ2) is 6.95. The van der Waals surface area contributed by atoms with Crippen molar-refractivity contribution in [2.24, 2.45) is 5.73 Å². The van der Waals surface area contributed by atoms with E-state index in [2.05, 4.69) is 11.8 Å². The molecular formula is C16H13ClFNO. The first kappa shape index (κ1) is 14.4. The zero-order valence-electron chi connectivity index (χ0n) is 10.7. The molecule has 0 aliphatic heterocycles. The average molecular weight is 290 g/mol. The minimum Gasteiger partial charge on any atom is -0.488 e. The van der Waals surface area contributed by atoms with Gasteiger partial charge in [0, 0.05) is 5.56 Å². The van der Waals surface area contributed by atoms with Gasteiger partial charge in [-0.25, -0.2) is 4.39 Å². The van der Waals surface area contributed by atoms with E-state index in [4.69, 9.17) is 22.1 Å². The van der Waals surface area contributed by atoms with Gasteiger partial charge in [0.05, 0.1) is 17.1 Å². The molecule has 0 saturated heterocycles. The summed E-state index contributed by atoms with van der Waals surface area (Å²) in [5.74, 6) is 6.00. The third kappa shape index (κ3) is 3.74. The van der Waals surface area contributed by atoms with Crippen LogP contribution in [0.2, 0.25) is 5.02 Å². The minimum absolute atomic E-state index is 0.250. The Hall–Kier alpha value is -2.02. The molecule has 0 aliphatic rings. The fraction of sp³-hybridized carbons (Fsp3) is 0.125. The highest BCUT2D eigenvalue weighted by molar-refractivity contribution is 6.31. The van der Waals surface area contributed by atoms with Crippen LogP contribution in [0.1, 0.15) is 11.1 Å². The van der Waals surface area contributed by atoms with Crippen LogP contribution in [0.15, 0.2) is 42.5 Å². The van der Waals surface area contributed by atoms with Gasteiger partial charge in [-0.3, -0.25) is 0 Å². The van der Waals surface area contributed by atoms with Crippen LogP contribution in [0, 0.1) is 17.7 Å². The van der Waals surface area contributed by atoms with Gasteiger partial charge in [-0.1, -0.05) is 41.6 Å². The summed E-state index contributed by atoms with van der Waals surface area (Å²) in [7, 11) is 0. The fourth-order valence-corrected chi connectivity index (χ4v) is 1.86. The monoisotopic (exact) mass is 289 g/mol. The third-order valence-electron chi connectivity index (χ3n) is 2.61. The summed E-state index contributed by atoms with van der Waals surface area (Å²) in [6.45, 7) is 0.540. The van der Waals surface area contributed by atoms with Gasteiger partial charge in [0.25, 0.3) is 0 Å². The maximum absolute atomic E-state index is 13.0. The first-order chi connectivity index (χ1) is 9.70. The van der Waals surface area contributed by atoms with E-state index in [1.165, 1.54) is 12.1 Å². The second-order valence-corrected chi connectivity index (χ2v) is 4.43. The van der Waals surface area contributed by atoms with Crippen LogP contribution in [-0.4, -0.2) is 6.54 Å². The number of para-hydroxylation sites is 1. The Morgan fingerprint density at radius 2 is 2.00 bits per heavy atom. The number of halogens is 2. The molecule has 102 valence electrons. The highest BCUT2D eigenvalue weighted by Crippen LogP contribution is 2.22. The molecule has 4 heteroatoms. The number of rotatable bonds is 3. The van der Waals surface area contributed by atoms with Gasteiger partial charge < -0.3 is 10.5 Å². The van der Waals surface area contributed by atoms with Crippen molar-refractivity contribution in [3.05, 3.63) is 64.4 Å². The molecule has 2 N–H and O–H groups in total. The lowest BCUT2D eigenvalue weighted by molar-refractivity contribution is 0.305. The number of hydrogen-bond acceptors (Lipinski definition) is 2. The molecule has 0 atom stereocenters. The fourth-order valence-electron chi connectivity index (χ4n) is 1.64. The van der Waals surface area contributed by atoms with Crippen molar-refractivity contribution < 1.29 is 9.13 Å². The van der Waals surface area contributed by atoms with E-state index in [1.807, 2.05) is 24.3 Å². The molecule has 0 spiro atoms. The van der Waals surface area contributed by atoms with Crippen LogP contribution in [0.25, 0.3) is 0 Å². The summed E-state index contributed by atoms with van der Waals surface area (Å²) < 4.78 is 18.6. The smallest absolute Gasteiger partial charge is 0.135 e. The van der Waals surface area contributed by atoms with E-state index in [0.717, 1.165) is 11.1 Å². The summed E-state index contributed by atoms with van der Waals surface area (Å²) in [6, 6.07) is 11.6. The van der Waals surface area contributed by atoms with Gasteiger partial charge >= 0.3 is 0 Å². The average Bonchev–Trinajstić information content (AvgIpc) is 2.45. The van der Waals surface area contributed by atoms with Gasteiger partial charge in [0.2, 0.25) is 0 Å². The SMILES string of the molecule is NCC#Cc1ccccc1OCc1ccc(F)cc1Cl. The van der Waals surface area contributed by atoms with Gasteiger partial charge in [-0.15, -0.1) is 0 Å². The molecule has 0 aromatic heterocycles. The van der Waals surface area contributed by atoms with E-state index in [1.54, 1.807) is 6.07 Å². The third-order valence-corrected chi connectivity index (χ3v) is 2.96. The topological polar surface area (TPSA) is 35.2 Å². The molecular weight excluding hydrogens is 277 g/mol.